The second-order valence-electron chi connectivity index (χ2n) is 11.3. The molecule has 0 aliphatic carbocycles. The number of ether oxygens (including phenoxy) is 4. The van der Waals surface area contributed by atoms with Gasteiger partial charge in [0.1, 0.15) is 13.1 Å². The van der Waals surface area contributed by atoms with Crippen LogP contribution in [0.5, 0.6) is 23.0 Å². The van der Waals surface area contributed by atoms with Crippen LogP contribution in [0.4, 0.5) is 11.4 Å². The fraction of sp³-hybridized carbons (Fsp3) is 0.250. The predicted octanol–water partition coefficient (Wildman–Crippen LogP) is 5.54. The highest BCUT2D eigenvalue weighted by atomic mass is 16.5. The Kier molecular flexibility index (Phi) is 13.5. The number of nitrogens with zero attached hydrogens (tertiary/aromatic N) is 4. The zero-order valence-electron chi connectivity index (χ0n) is 30.4. The standard InChI is InChI=1S/C20H20N2O3.C18H18N2O3.C2H7N/c1-22-17-12-19(25-3)18(24-2)11-15(17)16(21-13-20(22)23)10-9-14-7-5-4-6-8-14;1-20-14-10-16(23-3)15(22-2)9-13(14)18(19-11-17(20)21)12-7-5-4-6-8-12;1-3-2/h4-12H,13H2,1-3H3;4-10H,11H2,1-3H3;3H,1-2H3. The fourth-order valence-electron chi connectivity index (χ4n) is 5.36. The SMILES string of the molecule is CNC.COc1cc2c(cc1OC)N(C)C(=O)CN=C2C=Cc1ccccc1.COc1cc2c(cc1OC)N(C)C(=O)CN=C2c1ccccc1. The second-order valence-corrected chi connectivity index (χ2v) is 11.3. The number of hydrogen-bond donors (Lipinski definition) is 1. The summed E-state index contributed by atoms with van der Waals surface area (Å²) in [6.07, 6.45) is 3.90. The average molecular weight is 692 g/mol. The van der Waals surface area contributed by atoms with E-state index in [1.807, 2.05) is 111 Å². The monoisotopic (exact) mass is 691 g/mol. The normalized spacial score (nSPS) is 13.6. The Morgan fingerprint density at radius 3 is 1.55 bits per heavy atom. The van der Waals surface area contributed by atoms with Gasteiger partial charge in [0.15, 0.2) is 23.0 Å². The van der Waals surface area contributed by atoms with Crippen molar-refractivity contribution in [1.29, 1.82) is 0 Å². The summed E-state index contributed by atoms with van der Waals surface area (Å²) in [7, 11) is 13.6. The maximum atomic E-state index is 12.3. The Labute approximate surface area is 299 Å². The van der Waals surface area contributed by atoms with Gasteiger partial charge >= 0.3 is 0 Å². The van der Waals surface area contributed by atoms with Crippen LogP contribution in [0.3, 0.4) is 0 Å². The minimum atomic E-state index is -0.0726. The fourth-order valence-corrected chi connectivity index (χ4v) is 5.36. The van der Waals surface area contributed by atoms with Crippen molar-refractivity contribution in [3.05, 3.63) is 113 Å². The number of likely N-dealkylation sites (N-methyl/N-ethyl adjacent to an activating group) is 2. The number of nitrogens with one attached hydrogen (secondary N) is 1. The van der Waals surface area contributed by atoms with Crippen LogP contribution in [0.2, 0.25) is 0 Å². The molecule has 0 unspecified atom stereocenters. The summed E-state index contributed by atoms with van der Waals surface area (Å²) in [5.41, 5.74) is 6.72. The summed E-state index contributed by atoms with van der Waals surface area (Å²) in [6.45, 7) is 0.213. The summed E-state index contributed by atoms with van der Waals surface area (Å²) in [5, 5.41) is 2.75. The number of carbonyl (C=O) groups excluding carboxylic acids is 2. The van der Waals surface area contributed by atoms with Gasteiger partial charge in [-0.2, -0.15) is 0 Å². The molecule has 0 radical (unpaired) electrons. The van der Waals surface area contributed by atoms with Gasteiger partial charge in [-0.25, -0.2) is 0 Å². The lowest BCUT2D eigenvalue weighted by molar-refractivity contribution is -0.117. The van der Waals surface area contributed by atoms with Gasteiger partial charge in [-0.15, -0.1) is 0 Å². The Morgan fingerprint density at radius 2 is 1.04 bits per heavy atom. The number of anilines is 2. The van der Waals surface area contributed by atoms with Crippen molar-refractivity contribution in [2.75, 3.05) is 79.5 Å². The maximum absolute atomic E-state index is 12.3. The molecule has 11 heteroatoms. The summed E-state index contributed by atoms with van der Waals surface area (Å²) in [5.74, 6) is 2.23. The number of rotatable bonds is 7. The lowest BCUT2D eigenvalue weighted by atomic mass is 9.99. The number of amides is 2. The number of benzene rings is 4. The van der Waals surface area contributed by atoms with Crippen LogP contribution in [0.25, 0.3) is 6.08 Å². The van der Waals surface area contributed by atoms with E-state index in [1.165, 1.54) is 0 Å². The number of benzodiazepines with no additional fused rings is 2. The van der Waals surface area contributed by atoms with Crippen molar-refractivity contribution in [3.63, 3.8) is 0 Å². The molecule has 0 saturated heterocycles. The average Bonchev–Trinajstić information content (AvgIpc) is 3.36. The predicted molar refractivity (Wildman–Crippen MR) is 205 cm³/mol. The zero-order valence-corrected chi connectivity index (χ0v) is 30.4. The van der Waals surface area contributed by atoms with Crippen molar-refractivity contribution in [1.82, 2.24) is 5.32 Å². The van der Waals surface area contributed by atoms with Crippen LogP contribution in [-0.2, 0) is 9.59 Å². The summed E-state index contributed by atoms with van der Waals surface area (Å²) < 4.78 is 21.5. The molecule has 4 aromatic carbocycles. The molecule has 0 bridgehead atoms. The Morgan fingerprint density at radius 1 is 0.608 bits per heavy atom. The van der Waals surface area contributed by atoms with Crippen molar-refractivity contribution < 1.29 is 28.5 Å². The van der Waals surface area contributed by atoms with Crippen molar-refractivity contribution >= 4 is 40.7 Å². The lowest BCUT2D eigenvalue weighted by Crippen LogP contribution is -2.27. The van der Waals surface area contributed by atoms with E-state index in [4.69, 9.17) is 18.9 Å². The molecule has 2 amide bonds. The number of hydrogen-bond acceptors (Lipinski definition) is 9. The first kappa shape index (κ1) is 37.9. The molecule has 2 aliphatic rings. The molecular weight excluding hydrogens is 646 g/mol. The molecule has 2 heterocycles. The maximum Gasteiger partial charge on any atom is 0.248 e. The molecule has 1 N–H and O–H groups in total. The third-order valence-electron chi connectivity index (χ3n) is 8.04. The van der Waals surface area contributed by atoms with Crippen LogP contribution in [-0.4, -0.2) is 93.0 Å². The molecule has 4 aromatic rings. The molecular formula is C40H45N5O6. The lowest BCUT2D eigenvalue weighted by Gasteiger charge is -2.20. The second kappa shape index (κ2) is 18.2. The minimum absolute atomic E-state index is 0.0654. The topological polar surface area (TPSA) is 114 Å². The summed E-state index contributed by atoms with van der Waals surface area (Å²) >= 11 is 0. The van der Waals surface area contributed by atoms with Crippen LogP contribution in [0.1, 0.15) is 22.3 Å². The van der Waals surface area contributed by atoms with Gasteiger partial charge in [-0.3, -0.25) is 19.6 Å². The van der Waals surface area contributed by atoms with Gasteiger partial charge in [0, 0.05) is 42.9 Å². The van der Waals surface area contributed by atoms with Crippen molar-refractivity contribution in [3.8, 4) is 23.0 Å². The molecule has 0 fully saturated rings. The van der Waals surface area contributed by atoms with Crippen LogP contribution in [0, 0.1) is 0 Å². The molecule has 0 aromatic heterocycles. The Hall–Kier alpha value is -5.94. The highest BCUT2D eigenvalue weighted by molar-refractivity contribution is 6.20. The summed E-state index contributed by atoms with van der Waals surface area (Å²) in [4.78, 5) is 36.7. The molecule has 51 heavy (non-hydrogen) atoms. The van der Waals surface area contributed by atoms with Gasteiger partial charge < -0.3 is 34.1 Å². The molecule has 0 atom stereocenters. The Bertz CT molecular complexity index is 1910. The smallest absolute Gasteiger partial charge is 0.248 e. The number of methoxy groups -OCH3 is 4. The van der Waals surface area contributed by atoms with E-state index in [-0.39, 0.29) is 24.9 Å². The number of aliphatic imine (C=N–C) groups is 2. The van der Waals surface area contributed by atoms with Gasteiger partial charge in [0.05, 0.1) is 51.2 Å². The molecule has 11 nitrogen and oxygen atoms in total. The van der Waals surface area contributed by atoms with E-state index in [0.717, 1.165) is 45.1 Å². The Balaban J connectivity index is 0.000000213. The van der Waals surface area contributed by atoms with E-state index in [1.54, 1.807) is 52.3 Å². The van der Waals surface area contributed by atoms with Crippen molar-refractivity contribution in [2.45, 2.75) is 0 Å². The van der Waals surface area contributed by atoms with E-state index in [0.29, 0.717) is 23.0 Å². The number of carbonyl (C=O) groups is 2. The largest absolute Gasteiger partial charge is 0.493 e. The van der Waals surface area contributed by atoms with Crippen LogP contribution in [0.15, 0.2) is 101 Å². The zero-order chi connectivity index (χ0) is 36.9. The van der Waals surface area contributed by atoms with E-state index in [9.17, 15) is 9.59 Å². The number of allylic oxidation sites excluding steroid dienone is 1. The quantitative estimate of drug-likeness (QED) is 0.271. The molecule has 266 valence electrons. The van der Waals surface area contributed by atoms with Gasteiger partial charge in [0.2, 0.25) is 11.8 Å². The molecule has 2 aliphatic heterocycles. The van der Waals surface area contributed by atoms with E-state index >= 15 is 0 Å². The highest BCUT2D eigenvalue weighted by Crippen LogP contribution is 2.38. The molecule has 6 rings (SSSR count). The summed E-state index contributed by atoms with van der Waals surface area (Å²) in [6, 6.07) is 27.1. The first-order valence-corrected chi connectivity index (χ1v) is 16.2. The van der Waals surface area contributed by atoms with Crippen LogP contribution < -0.4 is 34.1 Å². The van der Waals surface area contributed by atoms with Gasteiger partial charge in [-0.1, -0.05) is 66.7 Å². The first-order chi connectivity index (χ1) is 24.7. The van der Waals surface area contributed by atoms with Gasteiger partial charge in [0.25, 0.3) is 0 Å². The highest BCUT2D eigenvalue weighted by Gasteiger charge is 2.26. The van der Waals surface area contributed by atoms with Gasteiger partial charge in [-0.05, 0) is 37.9 Å². The molecule has 0 saturated carbocycles. The third-order valence-corrected chi connectivity index (χ3v) is 8.04. The van der Waals surface area contributed by atoms with Crippen molar-refractivity contribution in [2.24, 2.45) is 9.98 Å². The first-order valence-electron chi connectivity index (χ1n) is 16.2. The minimum Gasteiger partial charge on any atom is -0.493 e. The van der Waals surface area contributed by atoms with Crippen LogP contribution >= 0.6 is 0 Å². The van der Waals surface area contributed by atoms with E-state index < -0.39 is 0 Å². The number of fused-ring (bicyclic) bond motifs is 2. The van der Waals surface area contributed by atoms with E-state index in [2.05, 4.69) is 15.3 Å². The molecule has 0 spiro atoms. The third kappa shape index (κ3) is 9.00.